The van der Waals surface area contributed by atoms with E-state index in [1.54, 1.807) is 0 Å². The van der Waals surface area contributed by atoms with Gasteiger partial charge in [0, 0.05) is 25.5 Å². The maximum absolute atomic E-state index is 12.3. The van der Waals surface area contributed by atoms with Gasteiger partial charge in [-0.15, -0.1) is 0 Å². The van der Waals surface area contributed by atoms with Crippen LogP contribution in [0.2, 0.25) is 0 Å². The highest BCUT2D eigenvalue weighted by molar-refractivity contribution is 7.89. The van der Waals surface area contributed by atoms with Crippen LogP contribution in [0, 0.1) is 5.92 Å². The molecule has 0 saturated carbocycles. The van der Waals surface area contributed by atoms with Gasteiger partial charge in [0.05, 0.1) is 19.1 Å². The summed E-state index contributed by atoms with van der Waals surface area (Å²) in [5, 5.41) is 0. The minimum Gasteiger partial charge on any atom is -0.493 e. The molecule has 0 saturated heterocycles. The maximum Gasteiger partial charge on any atom is 0.240 e. The number of benzene rings is 1. The van der Waals surface area contributed by atoms with E-state index in [0.717, 1.165) is 0 Å². The normalized spacial score (nSPS) is 11.1. The third kappa shape index (κ3) is 6.89. The predicted octanol–water partition coefficient (Wildman–Crippen LogP) is 0.566. The largest absolute Gasteiger partial charge is 0.493 e. The van der Waals surface area contributed by atoms with E-state index >= 15 is 0 Å². The van der Waals surface area contributed by atoms with Crippen LogP contribution >= 0.6 is 0 Å². The molecule has 0 aromatic heterocycles. The minimum absolute atomic E-state index is 0.0132. The molecule has 26 heavy (non-hydrogen) atoms. The van der Waals surface area contributed by atoms with Crippen LogP contribution in [0.4, 0.5) is 0 Å². The smallest absolute Gasteiger partial charge is 0.240 e. The van der Waals surface area contributed by atoms with Crippen molar-refractivity contribution in [2.75, 3.05) is 20.8 Å². The van der Waals surface area contributed by atoms with Crippen molar-refractivity contribution >= 4 is 21.8 Å². The molecule has 0 aliphatic rings. The highest BCUT2D eigenvalue weighted by Crippen LogP contribution is 2.29. The molecule has 1 aromatic rings. The van der Waals surface area contributed by atoms with E-state index < -0.39 is 15.9 Å². The Morgan fingerprint density at radius 2 is 1.65 bits per heavy atom. The van der Waals surface area contributed by atoms with E-state index in [-0.39, 0.29) is 41.9 Å². The van der Waals surface area contributed by atoms with E-state index in [4.69, 9.17) is 9.47 Å². The third-order valence-electron chi connectivity index (χ3n) is 3.24. The molecule has 2 amide bonds. The summed E-state index contributed by atoms with van der Waals surface area (Å²) in [6.45, 7) is 3.64. The average molecular weight is 387 g/mol. The molecule has 0 unspecified atom stereocenters. The SMILES string of the molecule is COc1ccc(S(=O)(=O)NCCC(=O)NNC(=O)CC(C)C)cc1OC. The lowest BCUT2D eigenvalue weighted by molar-refractivity contribution is -0.129. The molecule has 0 fully saturated rings. The van der Waals surface area contributed by atoms with Crippen molar-refractivity contribution in [3.63, 3.8) is 0 Å². The fourth-order valence-electron chi connectivity index (χ4n) is 1.99. The zero-order valence-electron chi connectivity index (χ0n) is 15.3. The first-order valence-electron chi connectivity index (χ1n) is 7.99. The predicted molar refractivity (Wildman–Crippen MR) is 95.1 cm³/mol. The van der Waals surface area contributed by atoms with Gasteiger partial charge >= 0.3 is 0 Å². The van der Waals surface area contributed by atoms with Gasteiger partial charge in [-0.05, 0) is 18.1 Å². The van der Waals surface area contributed by atoms with Crippen molar-refractivity contribution in [3.05, 3.63) is 18.2 Å². The molecule has 0 atom stereocenters. The van der Waals surface area contributed by atoms with Crippen molar-refractivity contribution < 1.29 is 27.5 Å². The van der Waals surface area contributed by atoms with Gasteiger partial charge in [0.2, 0.25) is 21.8 Å². The molecule has 146 valence electrons. The first-order valence-corrected chi connectivity index (χ1v) is 9.47. The average Bonchev–Trinajstić information content (AvgIpc) is 2.58. The van der Waals surface area contributed by atoms with Gasteiger partial charge in [-0.25, -0.2) is 13.1 Å². The zero-order chi connectivity index (χ0) is 19.7. The number of carbonyl (C=O) groups is 2. The summed E-state index contributed by atoms with van der Waals surface area (Å²) >= 11 is 0. The van der Waals surface area contributed by atoms with Crippen LogP contribution < -0.4 is 25.0 Å². The second-order valence-corrected chi connectivity index (χ2v) is 7.63. The summed E-state index contributed by atoms with van der Waals surface area (Å²) in [5.41, 5.74) is 4.51. The van der Waals surface area contributed by atoms with Gasteiger partial charge in [0.15, 0.2) is 11.5 Å². The van der Waals surface area contributed by atoms with E-state index in [9.17, 15) is 18.0 Å². The van der Waals surface area contributed by atoms with E-state index in [1.807, 2.05) is 13.8 Å². The Bertz CT molecular complexity index is 734. The molecular formula is C16H25N3O6S. The quantitative estimate of drug-likeness (QED) is 0.532. The van der Waals surface area contributed by atoms with Crippen LogP contribution in [0.3, 0.4) is 0 Å². The lowest BCUT2D eigenvalue weighted by atomic mass is 10.1. The van der Waals surface area contributed by atoms with Crippen molar-refractivity contribution in [1.29, 1.82) is 0 Å². The Kier molecular flexibility index (Phi) is 8.33. The number of sulfonamides is 1. The molecule has 9 nitrogen and oxygen atoms in total. The van der Waals surface area contributed by atoms with E-state index in [1.165, 1.54) is 32.4 Å². The maximum atomic E-state index is 12.3. The number of carbonyl (C=O) groups excluding carboxylic acids is 2. The fraction of sp³-hybridized carbons (Fsp3) is 0.500. The lowest BCUT2D eigenvalue weighted by Crippen LogP contribution is -2.43. The topological polar surface area (TPSA) is 123 Å². The Morgan fingerprint density at radius 3 is 2.23 bits per heavy atom. The number of nitrogens with one attached hydrogen (secondary N) is 3. The molecule has 1 aromatic carbocycles. The van der Waals surface area contributed by atoms with E-state index in [0.29, 0.717) is 5.75 Å². The Balaban J connectivity index is 2.53. The molecular weight excluding hydrogens is 362 g/mol. The molecule has 0 heterocycles. The van der Waals surface area contributed by atoms with Crippen molar-refractivity contribution in [3.8, 4) is 11.5 Å². The molecule has 1 rings (SSSR count). The Morgan fingerprint density at radius 1 is 1.04 bits per heavy atom. The summed E-state index contributed by atoms with van der Waals surface area (Å²) in [6, 6.07) is 4.17. The molecule has 10 heteroatoms. The minimum atomic E-state index is -3.81. The number of hydrogen-bond donors (Lipinski definition) is 3. The number of hydrogen-bond acceptors (Lipinski definition) is 6. The number of methoxy groups -OCH3 is 2. The summed E-state index contributed by atoms with van der Waals surface area (Å²) in [5.74, 6) is 0.0422. The third-order valence-corrected chi connectivity index (χ3v) is 4.70. The molecule has 0 aliphatic heterocycles. The number of rotatable bonds is 9. The monoisotopic (exact) mass is 387 g/mol. The van der Waals surface area contributed by atoms with Crippen molar-refractivity contribution in [1.82, 2.24) is 15.6 Å². The standard InChI is InChI=1S/C16H25N3O6S/c1-11(2)9-16(21)19-18-15(20)7-8-17-26(22,23)12-5-6-13(24-3)14(10-12)25-4/h5-6,10-11,17H,7-9H2,1-4H3,(H,18,20)(H,19,21). The first kappa shape index (κ1) is 21.7. The van der Waals surface area contributed by atoms with Gasteiger partial charge in [-0.2, -0.15) is 0 Å². The van der Waals surface area contributed by atoms with Gasteiger partial charge in [0.25, 0.3) is 0 Å². The highest BCUT2D eigenvalue weighted by atomic mass is 32.2. The highest BCUT2D eigenvalue weighted by Gasteiger charge is 2.17. The van der Waals surface area contributed by atoms with Crippen LogP contribution in [0.25, 0.3) is 0 Å². The van der Waals surface area contributed by atoms with Crippen LogP contribution in [0.1, 0.15) is 26.7 Å². The van der Waals surface area contributed by atoms with Gasteiger partial charge in [0.1, 0.15) is 0 Å². The second-order valence-electron chi connectivity index (χ2n) is 5.86. The number of amides is 2. The zero-order valence-corrected chi connectivity index (χ0v) is 16.1. The summed E-state index contributed by atoms with van der Waals surface area (Å²) in [6.07, 6.45) is 0.153. The summed E-state index contributed by atoms with van der Waals surface area (Å²) in [7, 11) is -0.964. The second kappa shape index (κ2) is 9.97. The molecule has 0 bridgehead atoms. The fourth-order valence-corrected chi connectivity index (χ4v) is 3.04. The summed E-state index contributed by atoms with van der Waals surface area (Å²) < 4.78 is 37.0. The van der Waals surface area contributed by atoms with Crippen molar-refractivity contribution in [2.45, 2.75) is 31.6 Å². The Hall–Kier alpha value is -2.33. The van der Waals surface area contributed by atoms with Gasteiger partial charge in [-0.1, -0.05) is 13.8 Å². The molecule has 0 spiro atoms. The van der Waals surface area contributed by atoms with Crippen molar-refractivity contribution in [2.24, 2.45) is 5.92 Å². The van der Waals surface area contributed by atoms with Gasteiger partial charge < -0.3 is 9.47 Å². The molecule has 3 N–H and O–H groups in total. The first-order chi connectivity index (χ1) is 12.2. The van der Waals surface area contributed by atoms with Crippen LogP contribution in [-0.4, -0.2) is 41.0 Å². The molecule has 0 radical (unpaired) electrons. The Labute approximate surface area is 153 Å². The number of ether oxygens (including phenoxy) is 2. The molecule has 0 aliphatic carbocycles. The van der Waals surface area contributed by atoms with E-state index in [2.05, 4.69) is 15.6 Å². The van der Waals surface area contributed by atoms with Crippen LogP contribution in [-0.2, 0) is 19.6 Å². The lowest BCUT2D eigenvalue weighted by Gasteiger charge is -2.11. The van der Waals surface area contributed by atoms with Crippen LogP contribution in [0.5, 0.6) is 11.5 Å². The summed E-state index contributed by atoms with van der Waals surface area (Å²) in [4.78, 5) is 23.1. The number of hydrazine groups is 1. The van der Waals surface area contributed by atoms with Gasteiger partial charge in [-0.3, -0.25) is 20.4 Å². The van der Waals surface area contributed by atoms with Crippen LogP contribution in [0.15, 0.2) is 23.1 Å².